The van der Waals surface area contributed by atoms with E-state index >= 15 is 0 Å². The topological polar surface area (TPSA) is 72.8 Å². The highest BCUT2D eigenvalue weighted by Crippen LogP contribution is 2.40. The second-order valence-electron chi connectivity index (χ2n) is 7.13. The molecule has 166 valence electrons. The van der Waals surface area contributed by atoms with Gasteiger partial charge in [0.1, 0.15) is 18.3 Å². The van der Waals surface area contributed by atoms with Crippen LogP contribution in [0.15, 0.2) is 102 Å². The third-order valence-electron chi connectivity index (χ3n) is 5.22. The van der Waals surface area contributed by atoms with Crippen molar-refractivity contribution in [3.05, 3.63) is 119 Å². The molecule has 0 radical (unpaired) electrons. The molecule has 4 aromatic rings. The van der Waals surface area contributed by atoms with E-state index in [0.717, 1.165) is 16.7 Å². The molecule has 0 fully saturated rings. The van der Waals surface area contributed by atoms with Gasteiger partial charge in [-0.05, 0) is 16.7 Å². The van der Waals surface area contributed by atoms with Crippen LogP contribution in [0.2, 0.25) is 0 Å². The number of hydrogen-bond donors (Lipinski definition) is 1. The number of thiazole rings is 1. The number of carbonyl (C=O) groups excluding carboxylic acids is 1. The van der Waals surface area contributed by atoms with Crippen LogP contribution in [0.25, 0.3) is 0 Å². The standard InChI is InChI=1S/C26H23N3O3S/c1-31-24(30)23(29-32-2)22-18-33-25(27-22)28-26(19-12-6-3-7-13-19,20-14-8-4-9-15-20)21-16-10-5-11-17-21/h3-18H,1-2H3,(H,27,28)/b29-23+. The Morgan fingerprint density at radius 1 is 0.848 bits per heavy atom. The molecule has 7 heteroatoms. The Balaban J connectivity index is 1.88. The molecule has 1 aromatic heterocycles. The van der Waals surface area contributed by atoms with E-state index in [0.29, 0.717) is 10.8 Å². The summed E-state index contributed by atoms with van der Waals surface area (Å²) in [6.45, 7) is 0. The van der Waals surface area contributed by atoms with Gasteiger partial charge in [0.2, 0.25) is 5.71 Å². The fraction of sp³-hybridized carbons (Fsp3) is 0.115. The van der Waals surface area contributed by atoms with Gasteiger partial charge in [0.05, 0.1) is 7.11 Å². The van der Waals surface area contributed by atoms with Crippen molar-refractivity contribution in [3.8, 4) is 0 Å². The molecule has 0 atom stereocenters. The third-order valence-corrected chi connectivity index (χ3v) is 5.98. The Morgan fingerprint density at radius 2 is 1.33 bits per heavy atom. The van der Waals surface area contributed by atoms with Gasteiger partial charge in [0.25, 0.3) is 0 Å². The van der Waals surface area contributed by atoms with Crippen molar-refractivity contribution in [2.45, 2.75) is 5.54 Å². The largest absolute Gasteiger partial charge is 0.464 e. The van der Waals surface area contributed by atoms with Crippen molar-refractivity contribution in [2.24, 2.45) is 5.16 Å². The number of hydrogen-bond acceptors (Lipinski definition) is 7. The van der Waals surface area contributed by atoms with Crippen LogP contribution in [-0.2, 0) is 19.9 Å². The Kier molecular flexibility index (Phi) is 6.80. The maximum absolute atomic E-state index is 12.2. The first-order valence-corrected chi connectivity index (χ1v) is 11.2. The number of nitrogens with one attached hydrogen (secondary N) is 1. The van der Waals surface area contributed by atoms with Crippen molar-refractivity contribution < 1.29 is 14.4 Å². The van der Waals surface area contributed by atoms with E-state index in [1.165, 1.54) is 25.6 Å². The molecule has 4 rings (SSSR count). The SMILES string of the molecule is CO/N=C(/C(=O)OC)c1csc(NC(c2ccccc2)(c2ccccc2)c2ccccc2)n1. The van der Waals surface area contributed by atoms with Crippen LogP contribution in [0.5, 0.6) is 0 Å². The second-order valence-corrected chi connectivity index (χ2v) is 7.98. The molecule has 0 bridgehead atoms. The zero-order valence-electron chi connectivity index (χ0n) is 18.3. The normalized spacial score (nSPS) is 11.6. The Labute approximate surface area is 196 Å². The molecule has 3 aromatic carbocycles. The summed E-state index contributed by atoms with van der Waals surface area (Å²) in [6, 6.07) is 30.6. The highest BCUT2D eigenvalue weighted by molar-refractivity contribution is 7.14. The predicted molar refractivity (Wildman–Crippen MR) is 131 cm³/mol. The molecule has 1 N–H and O–H groups in total. The molecule has 0 aliphatic carbocycles. The maximum Gasteiger partial charge on any atom is 0.362 e. The van der Waals surface area contributed by atoms with Gasteiger partial charge in [-0.15, -0.1) is 11.3 Å². The first kappa shape index (κ1) is 22.2. The van der Waals surface area contributed by atoms with E-state index < -0.39 is 11.5 Å². The van der Waals surface area contributed by atoms with Crippen LogP contribution in [0.1, 0.15) is 22.4 Å². The Morgan fingerprint density at radius 3 is 1.76 bits per heavy atom. The maximum atomic E-state index is 12.2. The van der Waals surface area contributed by atoms with Crippen LogP contribution >= 0.6 is 11.3 Å². The van der Waals surface area contributed by atoms with Crippen LogP contribution in [-0.4, -0.2) is 30.9 Å². The Bertz CT molecular complexity index is 1130. The number of carbonyl (C=O) groups is 1. The van der Waals surface area contributed by atoms with Gasteiger partial charge >= 0.3 is 5.97 Å². The quantitative estimate of drug-likeness (QED) is 0.173. The number of esters is 1. The summed E-state index contributed by atoms with van der Waals surface area (Å²) in [5, 5.41) is 9.86. The third kappa shape index (κ3) is 4.49. The Hall–Kier alpha value is -3.97. The van der Waals surface area contributed by atoms with E-state index in [1.807, 2.05) is 54.6 Å². The van der Waals surface area contributed by atoms with E-state index in [-0.39, 0.29) is 5.71 Å². The lowest BCUT2D eigenvalue weighted by Gasteiger charge is -2.36. The minimum absolute atomic E-state index is 0.00836. The number of benzene rings is 3. The highest BCUT2D eigenvalue weighted by atomic mass is 32.1. The van der Waals surface area contributed by atoms with Crippen molar-refractivity contribution >= 4 is 28.1 Å². The number of nitrogens with zero attached hydrogens (tertiary/aromatic N) is 2. The van der Waals surface area contributed by atoms with Gasteiger partial charge in [-0.1, -0.05) is 96.2 Å². The lowest BCUT2D eigenvalue weighted by molar-refractivity contribution is -0.132. The van der Waals surface area contributed by atoms with Crippen molar-refractivity contribution in [2.75, 3.05) is 19.5 Å². The number of anilines is 1. The summed E-state index contributed by atoms with van der Waals surface area (Å²) < 4.78 is 4.83. The number of methoxy groups -OCH3 is 1. The number of aromatic nitrogens is 1. The predicted octanol–water partition coefficient (Wildman–Crippen LogP) is 5.07. The van der Waals surface area contributed by atoms with Crippen molar-refractivity contribution in [1.82, 2.24) is 4.98 Å². The summed E-state index contributed by atoms with van der Waals surface area (Å²) in [5.74, 6) is -0.617. The number of ether oxygens (including phenoxy) is 1. The zero-order valence-corrected chi connectivity index (χ0v) is 19.1. The molecule has 0 spiro atoms. The second kappa shape index (κ2) is 10.1. The summed E-state index contributed by atoms with van der Waals surface area (Å²) in [5.41, 5.74) is 2.82. The first-order valence-electron chi connectivity index (χ1n) is 10.3. The van der Waals surface area contributed by atoms with Gasteiger partial charge < -0.3 is 14.9 Å². The number of oxime groups is 1. The van der Waals surface area contributed by atoms with Gasteiger partial charge in [-0.2, -0.15) is 0 Å². The van der Waals surface area contributed by atoms with Crippen LogP contribution in [0, 0.1) is 0 Å². The summed E-state index contributed by atoms with van der Waals surface area (Å²) in [7, 11) is 2.67. The minimum Gasteiger partial charge on any atom is -0.464 e. The summed E-state index contributed by atoms with van der Waals surface area (Å²) >= 11 is 1.38. The summed E-state index contributed by atoms with van der Waals surface area (Å²) in [4.78, 5) is 21.7. The van der Waals surface area contributed by atoms with Gasteiger partial charge in [-0.25, -0.2) is 9.78 Å². The van der Waals surface area contributed by atoms with Crippen molar-refractivity contribution in [1.29, 1.82) is 0 Å². The monoisotopic (exact) mass is 457 g/mol. The molecule has 6 nitrogen and oxygen atoms in total. The highest BCUT2D eigenvalue weighted by Gasteiger charge is 2.37. The average Bonchev–Trinajstić information content (AvgIpc) is 3.35. The van der Waals surface area contributed by atoms with Crippen LogP contribution in [0.3, 0.4) is 0 Å². The fourth-order valence-electron chi connectivity index (χ4n) is 3.76. The summed E-state index contributed by atoms with van der Waals surface area (Å²) in [6.07, 6.45) is 0. The minimum atomic E-state index is -0.720. The van der Waals surface area contributed by atoms with Crippen LogP contribution < -0.4 is 5.32 Å². The molecule has 0 aliphatic rings. The van der Waals surface area contributed by atoms with Gasteiger partial charge in [0, 0.05) is 5.38 Å². The molecular formula is C26H23N3O3S. The number of rotatable bonds is 8. The van der Waals surface area contributed by atoms with E-state index in [1.54, 1.807) is 5.38 Å². The van der Waals surface area contributed by atoms with E-state index in [4.69, 9.17) is 9.57 Å². The molecule has 0 unspecified atom stereocenters. The lowest BCUT2D eigenvalue weighted by atomic mass is 9.77. The van der Waals surface area contributed by atoms with Gasteiger partial charge in [0.15, 0.2) is 5.13 Å². The van der Waals surface area contributed by atoms with E-state index in [9.17, 15) is 4.79 Å². The molecule has 1 heterocycles. The molecule has 0 saturated heterocycles. The molecule has 0 aliphatic heterocycles. The van der Waals surface area contributed by atoms with Gasteiger partial charge in [-0.3, -0.25) is 0 Å². The molecule has 0 saturated carbocycles. The van der Waals surface area contributed by atoms with Crippen molar-refractivity contribution in [3.63, 3.8) is 0 Å². The average molecular weight is 458 g/mol. The van der Waals surface area contributed by atoms with E-state index in [2.05, 4.69) is 51.9 Å². The molecule has 33 heavy (non-hydrogen) atoms. The molecule has 0 amide bonds. The fourth-order valence-corrected chi connectivity index (χ4v) is 4.51. The zero-order chi connectivity index (χ0) is 23.1. The molecular weight excluding hydrogens is 434 g/mol. The first-order chi connectivity index (χ1) is 16.2. The lowest BCUT2D eigenvalue weighted by Crippen LogP contribution is -2.38. The van der Waals surface area contributed by atoms with Crippen LogP contribution in [0.4, 0.5) is 5.13 Å². The smallest absolute Gasteiger partial charge is 0.362 e.